The molecular weight excluding hydrogens is 419 g/mol. The zero-order chi connectivity index (χ0) is 22.1. The van der Waals surface area contributed by atoms with E-state index in [2.05, 4.69) is 10.2 Å². The highest BCUT2D eigenvalue weighted by Crippen LogP contribution is 2.47. The summed E-state index contributed by atoms with van der Waals surface area (Å²) in [4.78, 5) is 15.4. The molecule has 4 aromatic rings. The Morgan fingerprint density at radius 3 is 2.69 bits per heavy atom. The summed E-state index contributed by atoms with van der Waals surface area (Å²) in [6.07, 6.45) is 5.45. The monoisotopic (exact) mass is 437 g/mol. The van der Waals surface area contributed by atoms with Gasteiger partial charge in [0, 0.05) is 30.4 Å². The lowest BCUT2D eigenvalue weighted by Crippen LogP contribution is -2.41. The maximum absolute atomic E-state index is 13.9. The summed E-state index contributed by atoms with van der Waals surface area (Å²) in [6.45, 7) is 0. The molecule has 0 spiro atoms. The summed E-state index contributed by atoms with van der Waals surface area (Å²) >= 11 is 0. The molecule has 6 nitrogen and oxygen atoms in total. The second-order valence-corrected chi connectivity index (χ2v) is 8.34. The van der Waals surface area contributed by atoms with E-state index in [1.54, 1.807) is 28.6 Å². The number of nitrogens with zero attached hydrogens (tertiary/aromatic N) is 5. The van der Waals surface area contributed by atoms with Crippen LogP contribution in [0.15, 0.2) is 42.7 Å². The summed E-state index contributed by atoms with van der Waals surface area (Å²) in [5, 5.41) is 8.91. The fourth-order valence-electron chi connectivity index (χ4n) is 5.24. The number of benzene rings is 1. The van der Waals surface area contributed by atoms with Gasteiger partial charge in [0.15, 0.2) is 17.5 Å². The van der Waals surface area contributed by atoms with Crippen molar-refractivity contribution in [2.75, 3.05) is 0 Å². The van der Waals surface area contributed by atoms with Gasteiger partial charge in [-0.15, -0.1) is 0 Å². The summed E-state index contributed by atoms with van der Waals surface area (Å²) in [7, 11) is 1.69. The quantitative estimate of drug-likeness (QED) is 0.445. The molecule has 2 unspecified atom stereocenters. The van der Waals surface area contributed by atoms with Crippen molar-refractivity contribution in [3.8, 4) is 11.3 Å². The second kappa shape index (κ2) is 6.69. The van der Waals surface area contributed by atoms with E-state index in [9.17, 15) is 18.0 Å². The van der Waals surface area contributed by atoms with E-state index >= 15 is 0 Å². The van der Waals surface area contributed by atoms with Crippen LogP contribution in [0.1, 0.15) is 40.5 Å². The fourth-order valence-corrected chi connectivity index (χ4v) is 5.24. The Balaban J connectivity index is 1.43. The molecule has 6 rings (SSSR count). The van der Waals surface area contributed by atoms with Crippen LogP contribution in [0.5, 0.6) is 0 Å². The number of carbonyl (C=O) groups excluding carboxylic acids is 1. The summed E-state index contributed by atoms with van der Waals surface area (Å²) < 4.78 is 44.5. The molecule has 2 aliphatic heterocycles. The van der Waals surface area contributed by atoms with Crippen LogP contribution in [0.3, 0.4) is 0 Å². The van der Waals surface area contributed by atoms with Gasteiger partial charge in [0.2, 0.25) is 0 Å². The van der Waals surface area contributed by atoms with Crippen molar-refractivity contribution in [2.45, 2.75) is 31.3 Å². The molecule has 0 radical (unpaired) electrons. The Kier molecular flexibility index (Phi) is 3.99. The van der Waals surface area contributed by atoms with E-state index in [0.29, 0.717) is 17.7 Å². The first-order valence-electron chi connectivity index (χ1n) is 10.4. The number of pyridine rings is 1. The van der Waals surface area contributed by atoms with Gasteiger partial charge in [0.1, 0.15) is 0 Å². The molecule has 1 aromatic carbocycles. The van der Waals surface area contributed by atoms with E-state index in [0.717, 1.165) is 41.7 Å². The van der Waals surface area contributed by atoms with Gasteiger partial charge in [-0.25, -0.2) is 17.7 Å². The van der Waals surface area contributed by atoms with Crippen molar-refractivity contribution < 1.29 is 18.0 Å². The first-order chi connectivity index (χ1) is 15.4. The lowest BCUT2D eigenvalue weighted by Gasteiger charge is -2.34. The largest absolute Gasteiger partial charge is 0.327 e. The van der Waals surface area contributed by atoms with Crippen molar-refractivity contribution in [3.05, 3.63) is 77.0 Å². The van der Waals surface area contributed by atoms with E-state index in [1.807, 2.05) is 23.1 Å². The van der Waals surface area contributed by atoms with Gasteiger partial charge in [-0.3, -0.25) is 9.48 Å². The first kappa shape index (κ1) is 19.1. The number of aromatic nitrogens is 4. The Hall–Kier alpha value is -3.62. The van der Waals surface area contributed by atoms with Crippen molar-refractivity contribution in [3.63, 3.8) is 0 Å². The lowest BCUT2D eigenvalue weighted by molar-refractivity contribution is 0.0644. The van der Waals surface area contributed by atoms with Crippen molar-refractivity contribution in [1.82, 2.24) is 24.3 Å². The van der Waals surface area contributed by atoms with E-state index in [4.69, 9.17) is 0 Å². The number of amides is 1. The minimum absolute atomic E-state index is 0.0586. The molecule has 0 N–H and O–H groups in total. The Morgan fingerprint density at radius 1 is 1.12 bits per heavy atom. The average molecular weight is 437 g/mol. The number of fused-ring (bicyclic) bond motifs is 5. The third kappa shape index (κ3) is 2.57. The molecule has 5 heterocycles. The van der Waals surface area contributed by atoms with Crippen LogP contribution in [0, 0.1) is 17.5 Å². The maximum atomic E-state index is 13.9. The predicted molar refractivity (Wildman–Crippen MR) is 109 cm³/mol. The zero-order valence-corrected chi connectivity index (χ0v) is 17.1. The van der Waals surface area contributed by atoms with Gasteiger partial charge in [-0.05, 0) is 43.5 Å². The topological polar surface area (TPSA) is 55.4 Å². The average Bonchev–Trinajstić information content (AvgIpc) is 3.44. The standard InChI is InChI=1S/C23H18F3N5O/c1-29-22(12-8-16(24)20(26)17(25)9-12)14-10-13-5-6-19(21(14)28-29)31(13)23(32)15-11-27-30-7-3-2-4-18(15)30/h2-4,7-9,11,13,19H,5-6,10H2,1H3. The number of carbonyl (C=O) groups is 1. The van der Waals surface area contributed by atoms with Crippen LogP contribution in [-0.2, 0) is 13.5 Å². The van der Waals surface area contributed by atoms with Crippen LogP contribution >= 0.6 is 0 Å². The number of hydrogen-bond acceptors (Lipinski definition) is 3. The molecule has 1 amide bonds. The first-order valence-corrected chi connectivity index (χ1v) is 10.4. The van der Waals surface area contributed by atoms with Gasteiger partial charge < -0.3 is 4.90 Å². The van der Waals surface area contributed by atoms with Gasteiger partial charge in [-0.1, -0.05) is 6.07 Å². The van der Waals surface area contributed by atoms with E-state index in [-0.39, 0.29) is 23.6 Å². The van der Waals surface area contributed by atoms with Crippen LogP contribution < -0.4 is 0 Å². The fraction of sp³-hybridized carbons (Fsp3) is 0.261. The minimum Gasteiger partial charge on any atom is -0.327 e. The second-order valence-electron chi connectivity index (χ2n) is 8.34. The van der Waals surface area contributed by atoms with Gasteiger partial charge in [-0.2, -0.15) is 10.2 Å². The SMILES string of the molecule is Cn1nc2c(c1-c1cc(F)c(F)c(F)c1)CC1CCC2N1C(=O)c1cnn2ccccc12. The molecule has 0 aliphatic carbocycles. The van der Waals surface area contributed by atoms with Crippen LogP contribution in [-0.4, -0.2) is 36.2 Å². The number of aryl methyl sites for hydroxylation is 1. The Morgan fingerprint density at radius 2 is 1.91 bits per heavy atom. The molecule has 2 atom stereocenters. The Labute approximate surface area is 180 Å². The highest BCUT2D eigenvalue weighted by molar-refractivity contribution is 6.01. The Bertz CT molecular complexity index is 1390. The van der Waals surface area contributed by atoms with Crippen molar-refractivity contribution in [1.29, 1.82) is 0 Å². The molecule has 0 saturated carbocycles. The highest BCUT2D eigenvalue weighted by Gasteiger charge is 2.46. The minimum atomic E-state index is -1.49. The van der Waals surface area contributed by atoms with Crippen LogP contribution in [0.4, 0.5) is 13.2 Å². The lowest BCUT2D eigenvalue weighted by atomic mass is 9.94. The number of halogens is 3. The van der Waals surface area contributed by atoms with Crippen molar-refractivity contribution >= 4 is 11.4 Å². The molecule has 32 heavy (non-hydrogen) atoms. The van der Waals surface area contributed by atoms with Crippen LogP contribution in [0.2, 0.25) is 0 Å². The summed E-state index contributed by atoms with van der Waals surface area (Å²) in [5.74, 6) is -4.07. The van der Waals surface area contributed by atoms with Gasteiger partial charge in [0.05, 0.1) is 34.7 Å². The van der Waals surface area contributed by atoms with Crippen molar-refractivity contribution in [2.24, 2.45) is 7.05 Å². The molecule has 2 bridgehead atoms. The smallest absolute Gasteiger partial charge is 0.258 e. The molecule has 9 heteroatoms. The molecular formula is C23H18F3N5O. The molecule has 1 saturated heterocycles. The molecule has 162 valence electrons. The third-order valence-electron chi connectivity index (χ3n) is 6.58. The van der Waals surface area contributed by atoms with Crippen LogP contribution in [0.25, 0.3) is 16.8 Å². The molecule has 3 aromatic heterocycles. The van der Waals surface area contributed by atoms with Gasteiger partial charge >= 0.3 is 0 Å². The summed E-state index contributed by atoms with van der Waals surface area (Å²) in [6, 6.07) is 7.27. The zero-order valence-electron chi connectivity index (χ0n) is 17.1. The van der Waals surface area contributed by atoms with Gasteiger partial charge in [0.25, 0.3) is 5.91 Å². The maximum Gasteiger partial charge on any atom is 0.258 e. The highest BCUT2D eigenvalue weighted by atomic mass is 19.2. The third-order valence-corrected chi connectivity index (χ3v) is 6.58. The molecule has 1 fully saturated rings. The molecule has 2 aliphatic rings. The summed E-state index contributed by atoms with van der Waals surface area (Å²) in [5.41, 5.74) is 3.64. The number of hydrogen-bond donors (Lipinski definition) is 0. The predicted octanol–water partition coefficient (Wildman–Crippen LogP) is 4.05. The number of rotatable bonds is 2. The normalized spacial score (nSPS) is 19.6. The van der Waals surface area contributed by atoms with E-state index in [1.165, 1.54) is 0 Å². The van der Waals surface area contributed by atoms with E-state index < -0.39 is 17.5 Å².